The van der Waals surface area contributed by atoms with Crippen molar-refractivity contribution in [2.75, 3.05) is 31.3 Å². The van der Waals surface area contributed by atoms with E-state index in [1.165, 1.54) is 0 Å². The molecule has 1 saturated heterocycles. The fourth-order valence-electron chi connectivity index (χ4n) is 1.97. The van der Waals surface area contributed by atoms with Crippen molar-refractivity contribution in [1.82, 2.24) is 5.32 Å². The maximum atomic E-state index is 11.5. The zero-order valence-electron chi connectivity index (χ0n) is 10.2. The van der Waals surface area contributed by atoms with Crippen LogP contribution in [-0.2, 0) is 14.6 Å². The minimum Gasteiger partial charge on any atom is -0.381 e. The second-order valence-electron chi connectivity index (χ2n) is 4.52. The first-order chi connectivity index (χ1) is 7.55. The highest BCUT2D eigenvalue weighted by Crippen LogP contribution is 2.16. The van der Waals surface area contributed by atoms with E-state index in [2.05, 4.69) is 12.2 Å². The van der Waals surface area contributed by atoms with Crippen molar-refractivity contribution in [3.63, 3.8) is 0 Å². The predicted molar refractivity (Wildman–Crippen MR) is 65.3 cm³/mol. The maximum Gasteiger partial charge on any atom is 0.151 e. The van der Waals surface area contributed by atoms with Crippen LogP contribution >= 0.6 is 0 Å². The van der Waals surface area contributed by atoms with Crippen molar-refractivity contribution in [3.05, 3.63) is 0 Å². The molecule has 0 aromatic rings. The van der Waals surface area contributed by atoms with Gasteiger partial charge in [-0.3, -0.25) is 0 Å². The molecule has 1 N–H and O–H groups in total. The van der Waals surface area contributed by atoms with E-state index in [1.807, 2.05) is 6.92 Å². The normalized spacial score (nSPS) is 23.5. The van der Waals surface area contributed by atoms with E-state index in [0.29, 0.717) is 30.7 Å². The molecule has 96 valence electrons. The Morgan fingerprint density at radius 1 is 1.44 bits per heavy atom. The largest absolute Gasteiger partial charge is 0.381 e. The Morgan fingerprint density at radius 3 is 2.75 bits per heavy atom. The predicted octanol–water partition coefficient (Wildman–Crippen LogP) is 0.826. The molecule has 0 bridgehead atoms. The molecule has 0 aromatic carbocycles. The van der Waals surface area contributed by atoms with Gasteiger partial charge in [0.1, 0.15) is 0 Å². The summed E-state index contributed by atoms with van der Waals surface area (Å²) >= 11 is 0. The Hall–Kier alpha value is -0.130. The van der Waals surface area contributed by atoms with E-state index >= 15 is 0 Å². The zero-order valence-corrected chi connectivity index (χ0v) is 11.1. The lowest BCUT2D eigenvalue weighted by Gasteiger charge is -2.19. The smallest absolute Gasteiger partial charge is 0.151 e. The molecule has 1 fully saturated rings. The molecule has 5 heteroatoms. The molecule has 2 unspecified atom stereocenters. The summed E-state index contributed by atoms with van der Waals surface area (Å²) in [5, 5.41) is 3.28. The highest BCUT2D eigenvalue weighted by molar-refractivity contribution is 7.91. The van der Waals surface area contributed by atoms with Gasteiger partial charge in [-0.25, -0.2) is 8.42 Å². The molecule has 0 spiro atoms. The minimum absolute atomic E-state index is 0.249. The Kier molecular flexibility index (Phi) is 5.72. The van der Waals surface area contributed by atoms with Crippen LogP contribution in [0.1, 0.15) is 26.7 Å². The molecule has 1 aliphatic rings. The topological polar surface area (TPSA) is 55.4 Å². The summed E-state index contributed by atoms with van der Waals surface area (Å²) in [6.07, 6.45) is 1.78. The van der Waals surface area contributed by atoms with Gasteiger partial charge in [-0.2, -0.15) is 0 Å². The zero-order chi connectivity index (χ0) is 12.0. The third-order valence-electron chi connectivity index (χ3n) is 3.07. The standard InChI is InChI=1S/C11H23NO3S/c1-3-7-16(13,14)8-5-12-10(2)11-4-6-15-9-11/h10-12H,3-9H2,1-2H3. The molecule has 0 saturated carbocycles. The fourth-order valence-corrected chi connectivity index (χ4v) is 3.22. The summed E-state index contributed by atoms with van der Waals surface area (Å²) in [5.74, 6) is 1.09. The van der Waals surface area contributed by atoms with Gasteiger partial charge in [0.25, 0.3) is 0 Å². The first kappa shape index (κ1) is 13.9. The number of ether oxygens (including phenoxy) is 1. The van der Waals surface area contributed by atoms with E-state index < -0.39 is 9.84 Å². The van der Waals surface area contributed by atoms with Crippen molar-refractivity contribution in [3.8, 4) is 0 Å². The van der Waals surface area contributed by atoms with Crippen LogP contribution in [-0.4, -0.2) is 45.7 Å². The van der Waals surface area contributed by atoms with Gasteiger partial charge in [-0.1, -0.05) is 6.92 Å². The van der Waals surface area contributed by atoms with Crippen LogP contribution in [0.15, 0.2) is 0 Å². The third-order valence-corrected chi connectivity index (χ3v) is 4.92. The lowest BCUT2D eigenvalue weighted by molar-refractivity contribution is 0.178. The van der Waals surface area contributed by atoms with E-state index in [0.717, 1.165) is 19.6 Å². The second-order valence-corrected chi connectivity index (χ2v) is 6.82. The summed E-state index contributed by atoms with van der Waals surface area (Å²) < 4.78 is 28.2. The second kappa shape index (κ2) is 6.57. The average molecular weight is 249 g/mol. The Labute approximate surface area is 98.7 Å². The number of nitrogens with one attached hydrogen (secondary N) is 1. The maximum absolute atomic E-state index is 11.5. The summed E-state index contributed by atoms with van der Waals surface area (Å²) in [7, 11) is -2.84. The van der Waals surface area contributed by atoms with Crippen LogP contribution in [0, 0.1) is 5.92 Å². The molecule has 2 atom stereocenters. The van der Waals surface area contributed by atoms with Crippen LogP contribution in [0.4, 0.5) is 0 Å². The number of hydrogen-bond acceptors (Lipinski definition) is 4. The molecule has 0 radical (unpaired) electrons. The van der Waals surface area contributed by atoms with Crippen molar-refractivity contribution < 1.29 is 13.2 Å². The lowest BCUT2D eigenvalue weighted by Crippen LogP contribution is -2.37. The van der Waals surface area contributed by atoms with Crippen LogP contribution in [0.2, 0.25) is 0 Å². The number of sulfone groups is 1. The molecule has 0 aliphatic carbocycles. The van der Waals surface area contributed by atoms with Crippen LogP contribution in [0.3, 0.4) is 0 Å². The minimum atomic E-state index is -2.84. The monoisotopic (exact) mass is 249 g/mol. The first-order valence-corrected chi connectivity index (χ1v) is 7.89. The quantitative estimate of drug-likeness (QED) is 0.726. The molecule has 1 rings (SSSR count). The Balaban J connectivity index is 2.19. The first-order valence-electron chi connectivity index (χ1n) is 6.06. The molecule has 1 heterocycles. The summed E-state index contributed by atoms with van der Waals surface area (Å²) in [6.45, 7) is 6.19. The van der Waals surface area contributed by atoms with Gasteiger partial charge < -0.3 is 10.1 Å². The van der Waals surface area contributed by atoms with Crippen molar-refractivity contribution in [2.24, 2.45) is 5.92 Å². The van der Waals surface area contributed by atoms with Crippen molar-refractivity contribution >= 4 is 9.84 Å². The van der Waals surface area contributed by atoms with Crippen LogP contribution in [0.5, 0.6) is 0 Å². The van der Waals surface area contributed by atoms with Gasteiger partial charge >= 0.3 is 0 Å². The van der Waals surface area contributed by atoms with E-state index in [1.54, 1.807) is 0 Å². The fraction of sp³-hybridized carbons (Fsp3) is 1.00. The van der Waals surface area contributed by atoms with Gasteiger partial charge in [0.2, 0.25) is 0 Å². The third kappa shape index (κ3) is 4.80. The molecular weight excluding hydrogens is 226 g/mol. The van der Waals surface area contributed by atoms with Crippen molar-refractivity contribution in [2.45, 2.75) is 32.7 Å². The summed E-state index contributed by atoms with van der Waals surface area (Å²) in [6, 6.07) is 0.347. The Bertz CT molecular complexity index is 284. The van der Waals surface area contributed by atoms with Gasteiger partial charge in [0.15, 0.2) is 9.84 Å². The Morgan fingerprint density at radius 2 is 2.19 bits per heavy atom. The molecule has 4 nitrogen and oxygen atoms in total. The van der Waals surface area contributed by atoms with E-state index in [9.17, 15) is 8.42 Å². The van der Waals surface area contributed by atoms with Gasteiger partial charge in [0, 0.05) is 24.9 Å². The van der Waals surface area contributed by atoms with Crippen LogP contribution in [0.25, 0.3) is 0 Å². The molecule has 16 heavy (non-hydrogen) atoms. The molecule has 0 aromatic heterocycles. The number of hydrogen-bond donors (Lipinski definition) is 1. The van der Waals surface area contributed by atoms with Gasteiger partial charge in [-0.15, -0.1) is 0 Å². The molecule has 0 amide bonds. The SMILES string of the molecule is CCCS(=O)(=O)CCNC(C)C1CCOC1. The number of rotatable bonds is 7. The average Bonchev–Trinajstić information content (AvgIpc) is 2.69. The summed E-state index contributed by atoms with van der Waals surface area (Å²) in [5.41, 5.74) is 0. The summed E-state index contributed by atoms with van der Waals surface area (Å²) in [4.78, 5) is 0. The lowest BCUT2D eigenvalue weighted by atomic mass is 10.0. The van der Waals surface area contributed by atoms with Gasteiger partial charge in [-0.05, 0) is 25.7 Å². The highest BCUT2D eigenvalue weighted by Gasteiger charge is 2.22. The molecule has 1 aliphatic heterocycles. The van der Waals surface area contributed by atoms with E-state index in [4.69, 9.17) is 4.74 Å². The molecular formula is C11H23NO3S. The van der Waals surface area contributed by atoms with Crippen LogP contribution < -0.4 is 5.32 Å². The van der Waals surface area contributed by atoms with E-state index in [-0.39, 0.29) is 5.75 Å². The van der Waals surface area contributed by atoms with Gasteiger partial charge in [0.05, 0.1) is 12.4 Å². The highest BCUT2D eigenvalue weighted by atomic mass is 32.2. The van der Waals surface area contributed by atoms with Crippen molar-refractivity contribution in [1.29, 1.82) is 0 Å².